The molecule has 9 nitrogen and oxygen atoms in total. The van der Waals surface area contributed by atoms with Gasteiger partial charge in [-0.05, 0) is 39.4 Å². The summed E-state index contributed by atoms with van der Waals surface area (Å²) in [5, 5.41) is 12.7. The van der Waals surface area contributed by atoms with Gasteiger partial charge in [-0.25, -0.2) is 8.42 Å². The normalized spacial score (nSPS) is 18.9. The lowest BCUT2D eigenvalue weighted by atomic mass is 10.1. The van der Waals surface area contributed by atoms with Gasteiger partial charge in [-0.15, -0.1) is 10.2 Å². The summed E-state index contributed by atoms with van der Waals surface area (Å²) >= 11 is 0. The molecule has 1 atom stereocenters. The van der Waals surface area contributed by atoms with Gasteiger partial charge in [0, 0.05) is 17.8 Å². The van der Waals surface area contributed by atoms with E-state index in [4.69, 9.17) is 8.83 Å². The first kappa shape index (κ1) is 18.9. The van der Waals surface area contributed by atoms with Crippen LogP contribution in [0.15, 0.2) is 27.2 Å². The lowest BCUT2D eigenvalue weighted by molar-refractivity contribution is 0.281. The van der Waals surface area contributed by atoms with E-state index in [1.165, 1.54) is 0 Å². The molecule has 0 aromatic carbocycles. The van der Waals surface area contributed by atoms with Crippen LogP contribution in [0.4, 0.5) is 0 Å². The van der Waals surface area contributed by atoms with Crippen LogP contribution < -0.4 is 0 Å². The topological polar surface area (TPSA) is 107 Å². The maximum Gasteiger partial charge on any atom is 0.283 e. The fraction of sp³-hybridized carbons (Fsp3) is 0.500. The number of rotatable bonds is 6. The second-order valence-corrected chi connectivity index (χ2v) is 9.53. The molecule has 3 aromatic rings. The maximum atomic E-state index is 11.8. The summed E-state index contributed by atoms with van der Waals surface area (Å²) in [7, 11) is -0.985. The first-order valence-corrected chi connectivity index (χ1v) is 10.9. The Hall–Kier alpha value is -2.46. The molecule has 150 valence electrons. The number of sulfone groups is 1. The van der Waals surface area contributed by atoms with Crippen molar-refractivity contribution in [3.63, 3.8) is 0 Å². The summed E-state index contributed by atoms with van der Waals surface area (Å²) in [5.41, 5.74) is 3.02. The van der Waals surface area contributed by atoms with E-state index in [9.17, 15) is 8.42 Å². The van der Waals surface area contributed by atoms with Gasteiger partial charge in [0.25, 0.3) is 5.89 Å². The summed E-state index contributed by atoms with van der Waals surface area (Å²) < 4.78 is 36.4. The van der Waals surface area contributed by atoms with E-state index in [1.54, 1.807) is 18.4 Å². The van der Waals surface area contributed by atoms with Crippen LogP contribution in [0.5, 0.6) is 0 Å². The van der Waals surface area contributed by atoms with Gasteiger partial charge < -0.3 is 8.83 Å². The number of furan rings is 1. The van der Waals surface area contributed by atoms with Gasteiger partial charge in [0.2, 0.25) is 5.89 Å². The average molecular weight is 405 g/mol. The third kappa shape index (κ3) is 3.74. The van der Waals surface area contributed by atoms with E-state index < -0.39 is 9.84 Å². The van der Waals surface area contributed by atoms with Gasteiger partial charge in [-0.3, -0.25) is 9.58 Å². The molecule has 28 heavy (non-hydrogen) atoms. The summed E-state index contributed by atoms with van der Waals surface area (Å²) in [6.45, 7) is 5.08. The molecule has 0 amide bonds. The molecular formula is C18H23N5O4S. The first-order chi connectivity index (χ1) is 13.3. The fourth-order valence-corrected chi connectivity index (χ4v) is 5.32. The van der Waals surface area contributed by atoms with Crippen LogP contribution in [0.25, 0.3) is 11.7 Å². The van der Waals surface area contributed by atoms with Crippen molar-refractivity contribution in [2.24, 2.45) is 0 Å². The highest BCUT2D eigenvalue weighted by atomic mass is 32.2. The largest absolute Gasteiger partial charge is 0.459 e. The number of nitrogens with zero attached hydrogens (tertiary/aromatic N) is 5. The molecule has 10 heteroatoms. The molecule has 0 spiro atoms. The van der Waals surface area contributed by atoms with Crippen LogP contribution in [-0.2, 0) is 22.9 Å². The van der Waals surface area contributed by atoms with Gasteiger partial charge in [0.15, 0.2) is 15.6 Å². The highest BCUT2D eigenvalue weighted by Crippen LogP contribution is 2.27. The molecule has 4 heterocycles. The molecule has 0 N–H and O–H groups in total. The van der Waals surface area contributed by atoms with E-state index in [-0.39, 0.29) is 17.5 Å². The fourth-order valence-electron chi connectivity index (χ4n) is 3.62. The van der Waals surface area contributed by atoms with Crippen molar-refractivity contribution in [2.45, 2.75) is 39.4 Å². The van der Waals surface area contributed by atoms with Crippen LogP contribution in [0.2, 0.25) is 0 Å². The minimum atomic E-state index is -2.95. The molecule has 0 aliphatic carbocycles. The highest BCUT2D eigenvalue weighted by Gasteiger charge is 2.31. The van der Waals surface area contributed by atoms with Crippen LogP contribution >= 0.6 is 0 Å². The SMILES string of the molecule is Cc1nn([C@H]2CCS(=O)(=O)C2)c(C)c1CN(C)Cc1nnc(-c2ccco2)o1. The highest BCUT2D eigenvalue weighted by molar-refractivity contribution is 7.91. The molecule has 0 unspecified atom stereocenters. The second-order valence-electron chi connectivity index (χ2n) is 7.30. The molecule has 1 aliphatic heterocycles. The van der Waals surface area contributed by atoms with Gasteiger partial charge in [-0.2, -0.15) is 5.10 Å². The van der Waals surface area contributed by atoms with Gasteiger partial charge in [-0.1, -0.05) is 0 Å². The van der Waals surface area contributed by atoms with Crippen molar-refractivity contribution in [1.82, 2.24) is 24.9 Å². The van der Waals surface area contributed by atoms with E-state index in [2.05, 4.69) is 20.2 Å². The lowest BCUT2D eigenvalue weighted by Crippen LogP contribution is -2.19. The molecule has 3 aromatic heterocycles. The first-order valence-electron chi connectivity index (χ1n) is 9.12. The van der Waals surface area contributed by atoms with Crippen molar-refractivity contribution in [3.8, 4) is 11.7 Å². The van der Waals surface area contributed by atoms with Crippen LogP contribution in [0.3, 0.4) is 0 Å². The molecule has 0 bridgehead atoms. The van der Waals surface area contributed by atoms with Crippen molar-refractivity contribution >= 4 is 9.84 Å². The van der Waals surface area contributed by atoms with Crippen molar-refractivity contribution < 1.29 is 17.3 Å². The monoisotopic (exact) mass is 405 g/mol. The molecule has 0 saturated carbocycles. The zero-order valence-corrected chi connectivity index (χ0v) is 16.9. The predicted molar refractivity (Wildman–Crippen MR) is 101 cm³/mol. The Morgan fingerprint density at radius 1 is 1.29 bits per heavy atom. The van der Waals surface area contributed by atoms with Gasteiger partial charge in [0.1, 0.15) is 0 Å². The van der Waals surface area contributed by atoms with Crippen molar-refractivity contribution in [2.75, 3.05) is 18.6 Å². The maximum absolute atomic E-state index is 11.8. The van der Waals surface area contributed by atoms with E-state index in [0.717, 1.165) is 17.0 Å². The van der Waals surface area contributed by atoms with E-state index >= 15 is 0 Å². The minimum absolute atomic E-state index is 0.0745. The Morgan fingerprint density at radius 3 is 2.79 bits per heavy atom. The molecule has 1 fully saturated rings. The average Bonchev–Trinajstić information content (AvgIpc) is 3.39. The molecule has 0 radical (unpaired) electrons. The molecular weight excluding hydrogens is 382 g/mol. The third-order valence-electron chi connectivity index (χ3n) is 5.06. The van der Waals surface area contributed by atoms with Crippen LogP contribution in [-0.4, -0.2) is 51.8 Å². The predicted octanol–water partition coefficient (Wildman–Crippen LogP) is 2.13. The number of hydrogen-bond donors (Lipinski definition) is 0. The summed E-state index contributed by atoms with van der Waals surface area (Å²) in [6.07, 6.45) is 2.18. The number of aromatic nitrogens is 4. The Balaban J connectivity index is 1.45. The van der Waals surface area contributed by atoms with Gasteiger partial charge in [0.05, 0.1) is 36.0 Å². The van der Waals surface area contributed by atoms with Gasteiger partial charge >= 0.3 is 0 Å². The number of hydrogen-bond acceptors (Lipinski definition) is 8. The standard InChI is InChI=1S/C18H23N5O4S/c1-12-15(13(2)23(21-12)14-6-8-28(24,25)11-14)9-22(3)10-17-19-20-18(27-17)16-5-4-7-26-16/h4-5,7,14H,6,8-11H2,1-3H3/t14-/m0/s1. The summed E-state index contributed by atoms with van der Waals surface area (Å²) in [5.74, 6) is 1.80. The smallest absolute Gasteiger partial charge is 0.283 e. The van der Waals surface area contributed by atoms with Crippen LogP contribution in [0, 0.1) is 13.8 Å². The van der Waals surface area contributed by atoms with E-state index in [0.29, 0.717) is 37.1 Å². The molecule has 1 saturated heterocycles. The van der Waals surface area contributed by atoms with Crippen LogP contribution in [0.1, 0.15) is 35.3 Å². The summed E-state index contributed by atoms with van der Waals surface area (Å²) in [6, 6.07) is 3.46. The Bertz CT molecular complexity index is 1070. The quantitative estimate of drug-likeness (QED) is 0.614. The Labute approximate surface area is 163 Å². The zero-order valence-electron chi connectivity index (χ0n) is 16.1. The zero-order chi connectivity index (χ0) is 19.9. The van der Waals surface area contributed by atoms with Crippen molar-refractivity contribution in [3.05, 3.63) is 41.2 Å². The lowest BCUT2D eigenvalue weighted by Gasteiger charge is -2.15. The minimum Gasteiger partial charge on any atom is -0.459 e. The van der Waals surface area contributed by atoms with Crippen molar-refractivity contribution in [1.29, 1.82) is 0 Å². The molecule has 4 rings (SSSR count). The Morgan fingerprint density at radius 2 is 2.11 bits per heavy atom. The van der Waals surface area contributed by atoms with E-state index in [1.807, 2.05) is 25.6 Å². The summed E-state index contributed by atoms with van der Waals surface area (Å²) in [4.78, 5) is 2.06. The second kappa shape index (κ2) is 7.17. The Kier molecular flexibility index (Phi) is 4.84. The molecule has 1 aliphatic rings. The number of aryl methyl sites for hydroxylation is 1. The third-order valence-corrected chi connectivity index (χ3v) is 6.81.